The Morgan fingerprint density at radius 2 is 1.88 bits per heavy atom. The minimum Gasteiger partial charge on any atom is -0.478 e. The maximum atomic E-state index is 11.0. The van der Waals surface area contributed by atoms with Gasteiger partial charge in [-0.3, -0.25) is 0 Å². The van der Waals surface area contributed by atoms with Crippen LogP contribution >= 0.6 is 0 Å². The Hall–Kier alpha value is -2.52. The number of hydrogen-bond donors (Lipinski definition) is 1. The van der Waals surface area contributed by atoms with Gasteiger partial charge in [-0.05, 0) is 22.4 Å². The second-order valence-electron chi connectivity index (χ2n) is 3.17. The molecule has 0 radical (unpaired) electrons. The van der Waals surface area contributed by atoms with Gasteiger partial charge in [0.25, 0.3) is 0 Å². The topological polar surface area (TPSA) is 86.1 Å². The zero-order valence-corrected chi connectivity index (χ0v) is 8.16. The van der Waals surface area contributed by atoms with E-state index in [-0.39, 0.29) is 5.56 Å². The van der Waals surface area contributed by atoms with Crippen molar-refractivity contribution in [2.45, 2.75) is 0 Å². The third-order valence-corrected chi connectivity index (χ3v) is 2.28. The van der Waals surface area contributed by atoms with E-state index in [1.165, 1.54) is 12.1 Å². The van der Waals surface area contributed by atoms with Crippen LogP contribution in [0.3, 0.4) is 0 Å². The molecular weight excluding hydrogens is 206 g/mol. The van der Waals surface area contributed by atoms with Crippen LogP contribution < -0.4 is 0 Å². The first-order valence-electron chi connectivity index (χ1n) is 4.54. The number of rotatable bonds is 2. The average Bonchev–Trinajstić information content (AvgIpc) is 2.29. The van der Waals surface area contributed by atoms with Gasteiger partial charge in [0.2, 0.25) is 0 Å². The number of benzene rings is 2. The van der Waals surface area contributed by atoms with Gasteiger partial charge in [0.15, 0.2) is 0 Å². The second-order valence-corrected chi connectivity index (χ2v) is 3.17. The summed E-state index contributed by atoms with van der Waals surface area (Å²) in [4.78, 5) is 13.7. The van der Waals surface area contributed by atoms with Gasteiger partial charge in [0, 0.05) is 10.6 Å². The van der Waals surface area contributed by atoms with E-state index in [9.17, 15) is 4.79 Å². The lowest BCUT2D eigenvalue weighted by Crippen LogP contribution is -1.96. The highest BCUT2D eigenvalue weighted by Gasteiger charge is 2.09. The van der Waals surface area contributed by atoms with Crippen molar-refractivity contribution in [3.8, 4) is 0 Å². The van der Waals surface area contributed by atoms with Crippen molar-refractivity contribution < 1.29 is 9.90 Å². The average molecular weight is 213 g/mol. The molecule has 0 fully saturated rings. The fourth-order valence-corrected chi connectivity index (χ4v) is 1.61. The highest BCUT2D eigenvalue weighted by Crippen LogP contribution is 2.28. The van der Waals surface area contributed by atoms with Crippen LogP contribution in [-0.2, 0) is 0 Å². The molecule has 0 spiro atoms. The number of aromatic carboxylic acids is 1. The molecule has 2 aromatic carbocycles. The molecule has 1 N–H and O–H groups in total. The molecule has 0 heterocycles. The number of carboxylic acids is 1. The van der Waals surface area contributed by atoms with E-state index in [0.29, 0.717) is 16.5 Å². The predicted molar refractivity (Wildman–Crippen MR) is 59.7 cm³/mol. The molecule has 0 aliphatic carbocycles. The molecule has 0 saturated heterocycles. The largest absolute Gasteiger partial charge is 0.478 e. The Balaban J connectivity index is 2.87. The Morgan fingerprint density at radius 3 is 2.50 bits per heavy atom. The summed E-state index contributed by atoms with van der Waals surface area (Å²) in [5, 5.41) is 13.7. The molecule has 0 saturated carbocycles. The molecule has 0 aliphatic heterocycles. The summed E-state index contributed by atoms with van der Waals surface area (Å²) < 4.78 is 0. The van der Waals surface area contributed by atoms with E-state index in [1.807, 2.05) is 0 Å². The maximum Gasteiger partial charge on any atom is 0.336 e. The van der Waals surface area contributed by atoms with Gasteiger partial charge in [-0.15, -0.1) is 0 Å². The molecule has 5 heteroatoms. The SMILES string of the molecule is [N-]=[N+]=Nc1ccc(C(=O)O)c2ccccc12. The third-order valence-electron chi connectivity index (χ3n) is 2.28. The predicted octanol–water partition coefficient (Wildman–Crippen LogP) is 3.48. The minimum absolute atomic E-state index is 0.201. The number of nitrogens with zero attached hydrogens (tertiary/aromatic N) is 3. The Labute approximate surface area is 90.6 Å². The van der Waals surface area contributed by atoms with Crippen LogP contribution in [0, 0.1) is 0 Å². The summed E-state index contributed by atoms with van der Waals surface area (Å²) in [7, 11) is 0. The van der Waals surface area contributed by atoms with E-state index in [1.54, 1.807) is 24.3 Å². The molecular formula is C11H7N3O2. The molecule has 0 aromatic heterocycles. The molecule has 0 bridgehead atoms. The smallest absolute Gasteiger partial charge is 0.336 e. The summed E-state index contributed by atoms with van der Waals surface area (Å²) in [5.41, 5.74) is 9.03. The number of carboxylic acid groups (broad SMARTS) is 1. The van der Waals surface area contributed by atoms with Crippen molar-refractivity contribution in [2.75, 3.05) is 0 Å². The Bertz CT molecular complexity index is 575. The second kappa shape index (κ2) is 3.92. The van der Waals surface area contributed by atoms with Crippen LogP contribution in [0.4, 0.5) is 5.69 Å². The van der Waals surface area contributed by atoms with Crippen LogP contribution in [-0.4, -0.2) is 11.1 Å². The van der Waals surface area contributed by atoms with E-state index in [0.717, 1.165) is 0 Å². The number of hydrogen-bond acceptors (Lipinski definition) is 2. The number of fused-ring (bicyclic) bond motifs is 1. The highest BCUT2D eigenvalue weighted by atomic mass is 16.4. The fourth-order valence-electron chi connectivity index (χ4n) is 1.61. The van der Waals surface area contributed by atoms with E-state index >= 15 is 0 Å². The van der Waals surface area contributed by atoms with Gasteiger partial charge < -0.3 is 5.11 Å². The molecule has 16 heavy (non-hydrogen) atoms. The first-order chi connectivity index (χ1) is 7.74. The Kier molecular flexibility index (Phi) is 2.45. The summed E-state index contributed by atoms with van der Waals surface area (Å²) in [6.45, 7) is 0. The molecule has 2 aromatic rings. The number of azide groups is 1. The van der Waals surface area contributed by atoms with Crippen molar-refractivity contribution in [3.63, 3.8) is 0 Å². The third kappa shape index (κ3) is 1.55. The van der Waals surface area contributed by atoms with E-state index in [4.69, 9.17) is 10.6 Å². The Morgan fingerprint density at radius 1 is 1.19 bits per heavy atom. The van der Waals surface area contributed by atoms with Crippen molar-refractivity contribution in [1.29, 1.82) is 0 Å². The normalized spacial score (nSPS) is 9.75. The molecule has 78 valence electrons. The zero-order chi connectivity index (χ0) is 11.5. The molecule has 0 unspecified atom stereocenters. The molecule has 0 amide bonds. The van der Waals surface area contributed by atoms with Crippen molar-refractivity contribution in [1.82, 2.24) is 0 Å². The quantitative estimate of drug-likeness (QED) is 0.470. The first-order valence-corrected chi connectivity index (χ1v) is 4.54. The van der Waals surface area contributed by atoms with Crippen LogP contribution in [0.1, 0.15) is 10.4 Å². The van der Waals surface area contributed by atoms with Gasteiger partial charge in [-0.25, -0.2) is 4.79 Å². The van der Waals surface area contributed by atoms with Crippen LogP contribution in [0.15, 0.2) is 41.5 Å². The van der Waals surface area contributed by atoms with Gasteiger partial charge >= 0.3 is 5.97 Å². The van der Waals surface area contributed by atoms with Crippen molar-refractivity contribution in [2.24, 2.45) is 5.11 Å². The molecule has 0 aliphatic rings. The lowest BCUT2D eigenvalue weighted by Gasteiger charge is -2.04. The summed E-state index contributed by atoms with van der Waals surface area (Å²) in [6, 6.07) is 9.88. The van der Waals surface area contributed by atoms with Crippen LogP contribution in [0.2, 0.25) is 0 Å². The van der Waals surface area contributed by atoms with Gasteiger partial charge in [-0.2, -0.15) is 0 Å². The van der Waals surface area contributed by atoms with Crippen LogP contribution in [0.5, 0.6) is 0 Å². The lowest BCUT2D eigenvalue weighted by atomic mass is 10.0. The van der Waals surface area contributed by atoms with Gasteiger partial charge in [-0.1, -0.05) is 35.4 Å². The lowest BCUT2D eigenvalue weighted by molar-refractivity contribution is 0.0699. The molecule has 5 nitrogen and oxygen atoms in total. The monoisotopic (exact) mass is 213 g/mol. The number of carbonyl (C=O) groups is 1. The fraction of sp³-hybridized carbons (Fsp3) is 0. The van der Waals surface area contributed by atoms with Gasteiger partial charge in [0.1, 0.15) is 0 Å². The van der Waals surface area contributed by atoms with E-state index < -0.39 is 5.97 Å². The minimum atomic E-state index is -0.997. The van der Waals surface area contributed by atoms with Gasteiger partial charge in [0.05, 0.1) is 5.56 Å². The standard InChI is InChI=1S/C11H7N3O2/c12-14-13-10-6-5-9(11(15)16)7-3-1-2-4-8(7)10/h1-6H,(H,15,16). The highest BCUT2D eigenvalue weighted by molar-refractivity contribution is 6.07. The maximum absolute atomic E-state index is 11.0. The first kappa shape index (κ1) is 10.0. The summed E-state index contributed by atoms with van der Waals surface area (Å²) in [6.07, 6.45) is 0. The molecule has 2 rings (SSSR count). The van der Waals surface area contributed by atoms with Crippen molar-refractivity contribution in [3.05, 3.63) is 52.4 Å². The zero-order valence-electron chi connectivity index (χ0n) is 8.16. The molecule has 0 atom stereocenters. The summed E-state index contributed by atoms with van der Waals surface area (Å²) in [5.74, 6) is -0.997. The van der Waals surface area contributed by atoms with Crippen LogP contribution in [0.25, 0.3) is 21.2 Å². The van der Waals surface area contributed by atoms with Crippen molar-refractivity contribution >= 4 is 22.4 Å². The summed E-state index contributed by atoms with van der Waals surface area (Å²) >= 11 is 0. The van der Waals surface area contributed by atoms with E-state index in [2.05, 4.69) is 10.0 Å².